The molecule has 1 N–H and O–H groups in total. The summed E-state index contributed by atoms with van der Waals surface area (Å²) >= 11 is 1.84. The Morgan fingerprint density at radius 1 is 1.30 bits per heavy atom. The van der Waals surface area contributed by atoms with Crippen molar-refractivity contribution in [1.82, 2.24) is 4.90 Å². The highest BCUT2D eigenvalue weighted by molar-refractivity contribution is 7.09. The molecular formula is C17H21NOS. The summed E-state index contributed by atoms with van der Waals surface area (Å²) in [4.78, 5) is 3.94. The van der Waals surface area contributed by atoms with Gasteiger partial charge in [0.25, 0.3) is 0 Å². The zero-order valence-corrected chi connectivity index (χ0v) is 12.7. The first-order valence-corrected chi connectivity index (χ1v) is 8.14. The molecule has 0 amide bonds. The Morgan fingerprint density at radius 2 is 2.20 bits per heavy atom. The summed E-state index contributed by atoms with van der Waals surface area (Å²) in [5.74, 6) is 0.474. The van der Waals surface area contributed by atoms with Crippen molar-refractivity contribution in [2.24, 2.45) is 0 Å². The summed E-state index contributed by atoms with van der Waals surface area (Å²) in [5.41, 5.74) is 2.49. The largest absolute Gasteiger partial charge is 0.508 e. The molecule has 1 heterocycles. The van der Waals surface area contributed by atoms with Crippen LogP contribution >= 0.6 is 11.3 Å². The maximum atomic E-state index is 9.90. The molecule has 1 unspecified atom stereocenters. The van der Waals surface area contributed by atoms with Crippen molar-refractivity contribution < 1.29 is 5.11 Å². The molecule has 0 radical (unpaired) electrons. The smallest absolute Gasteiger partial charge is 0.119 e. The molecule has 0 aliphatic heterocycles. The molecule has 1 aromatic carbocycles. The lowest BCUT2D eigenvalue weighted by molar-refractivity contribution is 0.224. The molecule has 1 aliphatic carbocycles. The standard InChI is InChI=1S/C17H21NOS/c1-18(10-9-15-5-3-11-20-15)14-7-8-16-13(12-14)4-2-6-17(16)19/h2-6,11,14,19H,7-10,12H2,1H3. The van der Waals surface area contributed by atoms with Crippen molar-refractivity contribution in [3.05, 3.63) is 51.7 Å². The van der Waals surface area contributed by atoms with E-state index in [-0.39, 0.29) is 0 Å². The third-order valence-corrected chi connectivity index (χ3v) is 5.28. The number of phenols is 1. The summed E-state index contributed by atoms with van der Waals surface area (Å²) in [6.07, 6.45) is 4.34. The third-order valence-electron chi connectivity index (χ3n) is 4.35. The Labute approximate surface area is 124 Å². The summed E-state index contributed by atoms with van der Waals surface area (Å²) < 4.78 is 0. The molecule has 0 bridgehead atoms. The first kappa shape index (κ1) is 13.7. The lowest BCUT2D eigenvalue weighted by Gasteiger charge is -2.32. The minimum atomic E-state index is 0.474. The zero-order chi connectivity index (χ0) is 13.9. The molecule has 20 heavy (non-hydrogen) atoms. The maximum Gasteiger partial charge on any atom is 0.119 e. The van der Waals surface area contributed by atoms with Gasteiger partial charge in [-0.2, -0.15) is 0 Å². The highest BCUT2D eigenvalue weighted by Crippen LogP contribution is 2.30. The van der Waals surface area contributed by atoms with Gasteiger partial charge in [-0.15, -0.1) is 11.3 Å². The number of aromatic hydroxyl groups is 1. The summed E-state index contributed by atoms with van der Waals surface area (Å²) in [6.45, 7) is 1.11. The van der Waals surface area contributed by atoms with E-state index in [0.717, 1.165) is 37.8 Å². The molecule has 0 saturated heterocycles. The van der Waals surface area contributed by atoms with Crippen LogP contribution in [-0.2, 0) is 19.3 Å². The predicted octanol–water partition coefficient (Wildman–Crippen LogP) is 3.49. The number of benzene rings is 1. The van der Waals surface area contributed by atoms with Gasteiger partial charge in [0.15, 0.2) is 0 Å². The number of hydrogen-bond acceptors (Lipinski definition) is 3. The first-order chi connectivity index (χ1) is 9.74. The van der Waals surface area contributed by atoms with E-state index in [1.54, 1.807) is 6.07 Å². The van der Waals surface area contributed by atoms with Gasteiger partial charge >= 0.3 is 0 Å². The average molecular weight is 287 g/mol. The van der Waals surface area contributed by atoms with Crippen LogP contribution in [0, 0.1) is 0 Å². The van der Waals surface area contributed by atoms with Crippen molar-refractivity contribution in [3.8, 4) is 5.75 Å². The van der Waals surface area contributed by atoms with E-state index in [1.165, 1.54) is 10.4 Å². The Kier molecular flexibility index (Phi) is 4.08. The van der Waals surface area contributed by atoms with E-state index in [9.17, 15) is 5.11 Å². The fourth-order valence-electron chi connectivity index (χ4n) is 3.07. The molecule has 1 aromatic heterocycles. The SMILES string of the molecule is CN(CCc1cccs1)C1CCc2c(O)cccc2C1. The van der Waals surface area contributed by atoms with Crippen LogP contribution < -0.4 is 0 Å². The van der Waals surface area contributed by atoms with Gasteiger partial charge in [-0.05, 0) is 61.4 Å². The van der Waals surface area contributed by atoms with Crippen molar-refractivity contribution in [1.29, 1.82) is 0 Å². The molecule has 0 fully saturated rings. The van der Waals surface area contributed by atoms with E-state index in [1.807, 2.05) is 17.4 Å². The fraction of sp³-hybridized carbons (Fsp3) is 0.412. The molecule has 3 rings (SSSR count). The molecule has 1 atom stereocenters. The number of hydrogen-bond donors (Lipinski definition) is 1. The van der Waals surface area contributed by atoms with Crippen molar-refractivity contribution >= 4 is 11.3 Å². The predicted molar refractivity (Wildman–Crippen MR) is 84.6 cm³/mol. The van der Waals surface area contributed by atoms with Gasteiger partial charge in [0, 0.05) is 17.5 Å². The number of fused-ring (bicyclic) bond motifs is 1. The van der Waals surface area contributed by atoms with Crippen LogP contribution in [0.25, 0.3) is 0 Å². The Balaban J connectivity index is 1.61. The third kappa shape index (κ3) is 2.89. The molecule has 2 aromatic rings. The second-order valence-electron chi connectivity index (χ2n) is 5.62. The van der Waals surface area contributed by atoms with Gasteiger partial charge in [0.1, 0.15) is 5.75 Å². The molecule has 2 nitrogen and oxygen atoms in total. The molecule has 106 valence electrons. The van der Waals surface area contributed by atoms with E-state index in [2.05, 4.69) is 35.5 Å². The van der Waals surface area contributed by atoms with Crippen molar-refractivity contribution in [2.45, 2.75) is 31.7 Å². The number of rotatable bonds is 4. The Bertz CT molecular complexity index is 564. The van der Waals surface area contributed by atoms with Gasteiger partial charge < -0.3 is 10.0 Å². The fourth-order valence-corrected chi connectivity index (χ4v) is 3.77. The van der Waals surface area contributed by atoms with Gasteiger partial charge in [-0.25, -0.2) is 0 Å². The summed E-state index contributed by atoms with van der Waals surface area (Å²) in [6, 6.07) is 10.9. The number of nitrogens with zero attached hydrogens (tertiary/aromatic N) is 1. The van der Waals surface area contributed by atoms with E-state index < -0.39 is 0 Å². The van der Waals surface area contributed by atoms with Crippen LogP contribution in [0.3, 0.4) is 0 Å². The number of likely N-dealkylation sites (N-methyl/N-ethyl adjacent to an activating group) is 1. The van der Waals surface area contributed by atoms with Crippen LogP contribution in [-0.4, -0.2) is 29.6 Å². The van der Waals surface area contributed by atoms with Crippen molar-refractivity contribution in [3.63, 3.8) is 0 Å². The normalized spacial score (nSPS) is 18.2. The maximum absolute atomic E-state index is 9.90. The quantitative estimate of drug-likeness (QED) is 0.930. The van der Waals surface area contributed by atoms with Crippen LogP contribution in [0.2, 0.25) is 0 Å². The van der Waals surface area contributed by atoms with E-state index in [0.29, 0.717) is 11.8 Å². The second-order valence-corrected chi connectivity index (χ2v) is 6.65. The van der Waals surface area contributed by atoms with Crippen LogP contribution in [0.1, 0.15) is 22.4 Å². The van der Waals surface area contributed by atoms with Crippen LogP contribution in [0.5, 0.6) is 5.75 Å². The lowest BCUT2D eigenvalue weighted by atomic mass is 9.87. The highest BCUT2D eigenvalue weighted by Gasteiger charge is 2.23. The molecular weight excluding hydrogens is 266 g/mol. The van der Waals surface area contributed by atoms with Crippen LogP contribution in [0.15, 0.2) is 35.7 Å². The molecule has 3 heteroatoms. The van der Waals surface area contributed by atoms with Gasteiger partial charge in [-0.3, -0.25) is 0 Å². The highest BCUT2D eigenvalue weighted by atomic mass is 32.1. The zero-order valence-electron chi connectivity index (χ0n) is 11.9. The van der Waals surface area contributed by atoms with Crippen molar-refractivity contribution in [2.75, 3.05) is 13.6 Å². The Hall–Kier alpha value is -1.32. The first-order valence-electron chi connectivity index (χ1n) is 7.26. The number of phenolic OH excluding ortho intramolecular Hbond substituents is 1. The summed E-state index contributed by atoms with van der Waals surface area (Å²) in [7, 11) is 2.23. The average Bonchev–Trinajstić information content (AvgIpc) is 2.98. The monoisotopic (exact) mass is 287 g/mol. The van der Waals surface area contributed by atoms with Gasteiger partial charge in [0.2, 0.25) is 0 Å². The minimum absolute atomic E-state index is 0.474. The van der Waals surface area contributed by atoms with E-state index in [4.69, 9.17) is 0 Å². The van der Waals surface area contributed by atoms with Crippen LogP contribution in [0.4, 0.5) is 0 Å². The molecule has 1 aliphatic rings. The molecule has 0 saturated carbocycles. The topological polar surface area (TPSA) is 23.5 Å². The molecule has 0 spiro atoms. The number of thiophene rings is 1. The van der Waals surface area contributed by atoms with E-state index >= 15 is 0 Å². The minimum Gasteiger partial charge on any atom is -0.508 e. The van der Waals surface area contributed by atoms with Gasteiger partial charge in [0.05, 0.1) is 0 Å². The summed E-state index contributed by atoms with van der Waals surface area (Å²) in [5, 5.41) is 12.0. The van der Waals surface area contributed by atoms with Gasteiger partial charge in [-0.1, -0.05) is 18.2 Å². The second kappa shape index (κ2) is 5.98. The Morgan fingerprint density at radius 3 is 3.00 bits per heavy atom. The lowest BCUT2D eigenvalue weighted by Crippen LogP contribution is -2.37.